The minimum absolute atomic E-state index is 0.0647. The summed E-state index contributed by atoms with van der Waals surface area (Å²) in [5.74, 6) is 1.73. The Morgan fingerprint density at radius 3 is 2.53 bits per heavy atom. The van der Waals surface area contributed by atoms with Crippen LogP contribution in [0.25, 0.3) is 0 Å². The van der Waals surface area contributed by atoms with Crippen molar-refractivity contribution in [1.29, 1.82) is 0 Å². The fourth-order valence-electron chi connectivity index (χ4n) is 7.51. The number of thiocarbonyl (C=S) groups is 1. The summed E-state index contributed by atoms with van der Waals surface area (Å²) in [6, 6.07) is 11.6. The summed E-state index contributed by atoms with van der Waals surface area (Å²) in [6.45, 7) is 0. The lowest BCUT2D eigenvalue weighted by Crippen LogP contribution is -2.39. The number of nitrogens with two attached hydrogens (primary N) is 1. The second-order valence-corrected chi connectivity index (χ2v) is 11.4. The largest absolute Gasteiger partial charge is 0.374 e. The molecular formula is C26H34N2OS. The lowest BCUT2D eigenvalue weighted by molar-refractivity contribution is -0.0381. The third kappa shape index (κ3) is 3.13. The molecule has 7 rings (SSSR count). The van der Waals surface area contributed by atoms with E-state index in [4.69, 9.17) is 27.7 Å². The molecule has 4 bridgehead atoms. The van der Waals surface area contributed by atoms with Gasteiger partial charge in [-0.3, -0.25) is 4.99 Å². The van der Waals surface area contributed by atoms with Crippen molar-refractivity contribution in [3.8, 4) is 0 Å². The SMILES string of the molecule is NC1CCC(C=NC(=S)C23CC4CC(c5ccccc5)(CC2C4OC2CC2)C3)CC1. The molecule has 30 heavy (non-hydrogen) atoms. The molecular weight excluding hydrogens is 388 g/mol. The molecule has 6 saturated carbocycles. The third-order valence-electron chi connectivity index (χ3n) is 9.02. The topological polar surface area (TPSA) is 47.6 Å². The maximum Gasteiger partial charge on any atom is 0.109 e. The van der Waals surface area contributed by atoms with Gasteiger partial charge >= 0.3 is 0 Å². The molecule has 6 aliphatic rings. The fraction of sp³-hybridized carbons (Fsp3) is 0.692. The molecule has 0 heterocycles. The molecule has 0 radical (unpaired) electrons. The smallest absolute Gasteiger partial charge is 0.109 e. The zero-order valence-electron chi connectivity index (χ0n) is 17.8. The molecule has 6 fully saturated rings. The lowest BCUT2D eigenvalue weighted by atomic mass is 9.63. The van der Waals surface area contributed by atoms with Crippen LogP contribution >= 0.6 is 12.2 Å². The van der Waals surface area contributed by atoms with Gasteiger partial charge in [-0.25, -0.2) is 0 Å². The van der Waals surface area contributed by atoms with Gasteiger partial charge in [0.1, 0.15) is 4.99 Å². The minimum atomic E-state index is 0.0647. The van der Waals surface area contributed by atoms with Crippen LogP contribution in [-0.4, -0.2) is 29.5 Å². The molecule has 0 saturated heterocycles. The highest BCUT2D eigenvalue weighted by Crippen LogP contribution is 2.72. The van der Waals surface area contributed by atoms with Gasteiger partial charge in [0.2, 0.25) is 0 Å². The Morgan fingerprint density at radius 1 is 1.03 bits per heavy atom. The van der Waals surface area contributed by atoms with Gasteiger partial charge in [-0.15, -0.1) is 0 Å². The van der Waals surface area contributed by atoms with Crippen LogP contribution in [0.4, 0.5) is 0 Å². The predicted octanol–water partition coefficient (Wildman–Crippen LogP) is 5.21. The number of hydrogen-bond donors (Lipinski definition) is 1. The summed E-state index contributed by atoms with van der Waals surface area (Å²) in [7, 11) is 0. The molecule has 0 amide bonds. The number of benzene rings is 1. The van der Waals surface area contributed by atoms with Crippen molar-refractivity contribution in [2.75, 3.05) is 0 Å². The Bertz CT molecular complexity index is 844. The first kappa shape index (κ1) is 19.6. The van der Waals surface area contributed by atoms with Crippen molar-refractivity contribution >= 4 is 23.4 Å². The van der Waals surface area contributed by atoms with Crippen molar-refractivity contribution in [3.63, 3.8) is 0 Å². The number of nitrogens with zero attached hydrogens (tertiary/aromatic N) is 1. The zero-order chi connectivity index (χ0) is 20.3. The molecule has 4 heteroatoms. The number of aliphatic imine (C=N–C) groups is 1. The number of hydrogen-bond acceptors (Lipinski definition) is 3. The van der Waals surface area contributed by atoms with E-state index in [1.54, 1.807) is 0 Å². The van der Waals surface area contributed by atoms with Crippen molar-refractivity contribution < 1.29 is 4.74 Å². The highest BCUT2D eigenvalue weighted by Gasteiger charge is 2.70. The van der Waals surface area contributed by atoms with E-state index in [0.717, 1.165) is 30.7 Å². The third-order valence-corrected chi connectivity index (χ3v) is 9.53. The second-order valence-electron chi connectivity index (χ2n) is 11.0. The monoisotopic (exact) mass is 422 g/mol. The number of rotatable bonds is 5. The molecule has 2 N–H and O–H groups in total. The van der Waals surface area contributed by atoms with E-state index in [-0.39, 0.29) is 10.8 Å². The van der Waals surface area contributed by atoms with Crippen LogP contribution in [0, 0.1) is 23.2 Å². The summed E-state index contributed by atoms with van der Waals surface area (Å²) in [4.78, 5) is 5.99. The van der Waals surface area contributed by atoms with Crippen LogP contribution in [0.15, 0.2) is 35.3 Å². The molecule has 1 aromatic carbocycles. The standard InChI is InChI=1S/C26H34N2OS/c27-20-8-6-17(7-9-20)15-28-24(30)26-13-18-12-25(16-26,19-4-2-1-3-5-19)14-22(26)23(18)29-21-10-11-21/h1-5,15,17-18,20-23H,6-14,16,27H2. The summed E-state index contributed by atoms with van der Waals surface area (Å²) >= 11 is 6.11. The van der Waals surface area contributed by atoms with Crippen molar-refractivity contribution in [1.82, 2.24) is 0 Å². The normalized spacial score (nSPS) is 44.8. The van der Waals surface area contributed by atoms with E-state index >= 15 is 0 Å². The quantitative estimate of drug-likeness (QED) is 0.523. The summed E-state index contributed by atoms with van der Waals surface area (Å²) in [5.41, 5.74) is 7.94. The van der Waals surface area contributed by atoms with Crippen molar-refractivity contribution in [3.05, 3.63) is 35.9 Å². The van der Waals surface area contributed by atoms with E-state index in [1.807, 2.05) is 0 Å². The van der Waals surface area contributed by atoms with Gasteiger partial charge in [-0.05, 0) is 92.9 Å². The fourth-order valence-corrected chi connectivity index (χ4v) is 7.88. The van der Waals surface area contributed by atoms with Crippen LogP contribution in [0.1, 0.15) is 69.8 Å². The molecule has 160 valence electrons. The molecule has 3 nitrogen and oxygen atoms in total. The first-order valence-electron chi connectivity index (χ1n) is 12.1. The van der Waals surface area contributed by atoms with E-state index in [2.05, 4.69) is 36.5 Å². The molecule has 5 atom stereocenters. The van der Waals surface area contributed by atoms with Crippen molar-refractivity contribution in [2.45, 2.75) is 87.9 Å². The van der Waals surface area contributed by atoms with Gasteiger partial charge in [-0.1, -0.05) is 42.5 Å². The van der Waals surface area contributed by atoms with Gasteiger partial charge in [0, 0.05) is 17.7 Å². The highest BCUT2D eigenvalue weighted by molar-refractivity contribution is 7.80. The number of ether oxygens (including phenoxy) is 1. The molecule has 0 aromatic heterocycles. The molecule has 0 aliphatic heterocycles. The Balaban J connectivity index is 1.28. The molecule has 6 aliphatic carbocycles. The Morgan fingerprint density at radius 2 is 1.80 bits per heavy atom. The van der Waals surface area contributed by atoms with E-state index in [9.17, 15) is 0 Å². The summed E-state index contributed by atoms with van der Waals surface area (Å²) in [5, 5.41) is 0. The van der Waals surface area contributed by atoms with E-state index < -0.39 is 0 Å². The molecule has 5 unspecified atom stereocenters. The first-order chi connectivity index (χ1) is 14.6. The first-order valence-corrected chi connectivity index (χ1v) is 12.5. The van der Waals surface area contributed by atoms with E-state index in [0.29, 0.717) is 36.0 Å². The van der Waals surface area contributed by atoms with Crippen LogP contribution < -0.4 is 5.73 Å². The average molecular weight is 423 g/mol. The van der Waals surface area contributed by atoms with Gasteiger partial charge in [0.15, 0.2) is 0 Å². The Kier molecular flexibility index (Phi) is 4.71. The maximum atomic E-state index is 6.62. The van der Waals surface area contributed by atoms with Gasteiger partial charge < -0.3 is 10.5 Å². The van der Waals surface area contributed by atoms with E-state index in [1.165, 1.54) is 44.1 Å². The zero-order valence-corrected chi connectivity index (χ0v) is 18.7. The van der Waals surface area contributed by atoms with Crippen molar-refractivity contribution in [2.24, 2.45) is 33.9 Å². The predicted molar refractivity (Wildman–Crippen MR) is 125 cm³/mol. The maximum absolute atomic E-state index is 6.62. The van der Waals surface area contributed by atoms with Crippen LogP contribution in [0.2, 0.25) is 0 Å². The summed E-state index contributed by atoms with van der Waals surface area (Å²) in [6.07, 6.45) is 15.0. The molecule has 0 spiro atoms. The van der Waals surface area contributed by atoms with Gasteiger partial charge in [-0.2, -0.15) is 0 Å². The highest BCUT2D eigenvalue weighted by atomic mass is 32.1. The Hall–Kier alpha value is -1.10. The van der Waals surface area contributed by atoms with Crippen LogP contribution in [0.5, 0.6) is 0 Å². The summed E-state index contributed by atoms with van der Waals surface area (Å²) < 4.78 is 6.62. The van der Waals surface area contributed by atoms with Crippen LogP contribution in [-0.2, 0) is 10.2 Å². The Labute approximate surface area is 185 Å². The van der Waals surface area contributed by atoms with Gasteiger partial charge in [0.05, 0.1) is 12.2 Å². The molecule has 1 aromatic rings. The van der Waals surface area contributed by atoms with Gasteiger partial charge in [0.25, 0.3) is 0 Å². The average Bonchev–Trinajstić information content (AvgIpc) is 3.52. The van der Waals surface area contributed by atoms with Crippen LogP contribution in [0.3, 0.4) is 0 Å². The lowest BCUT2D eigenvalue weighted by Gasteiger charge is -2.43. The minimum Gasteiger partial charge on any atom is -0.374 e. The second kappa shape index (κ2) is 7.21.